The third kappa shape index (κ3) is 2.19. The van der Waals surface area contributed by atoms with Gasteiger partial charge in [-0.05, 0) is 0 Å². The summed E-state index contributed by atoms with van der Waals surface area (Å²) in [7, 11) is 0. The summed E-state index contributed by atoms with van der Waals surface area (Å²) in [6.07, 6.45) is 1.62. The van der Waals surface area contributed by atoms with Crippen LogP contribution in [0.5, 0.6) is 0 Å². The van der Waals surface area contributed by atoms with Crippen LogP contribution in [0.1, 0.15) is 35.4 Å². The van der Waals surface area contributed by atoms with E-state index in [4.69, 9.17) is 0 Å². The minimum Gasteiger partial charge on any atom is -0.346 e. The highest BCUT2D eigenvalue weighted by Gasteiger charge is 2.17. The monoisotopic (exact) mass is 251 g/mol. The first-order valence-corrected chi connectivity index (χ1v) is 6.06. The molecule has 2 heterocycles. The fraction of sp³-hybridized carbons (Fsp3) is 0.400. The van der Waals surface area contributed by atoms with E-state index in [9.17, 15) is 4.79 Å². The van der Waals surface area contributed by atoms with Gasteiger partial charge in [0, 0.05) is 12.5 Å². The smallest absolute Gasteiger partial charge is 0.282 e. The molecule has 1 N–H and O–H groups in total. The molecule has 2 rings (SSSR count). The Labute approximate surface area is 102 Å². The Balaban J connectivity index is 2.31. The van der Waals surface area contributed by atoms with Gasteiger partial charge in [-0.25, -0.2) is 0 Å². The Morgan fingerprint density at radius 3 is 3.00 bits per heavy atom. The largest absolute Gasteiger partial charge is 0.346 e. The van der Waals surface area contributed by atoms with Crippen molar-refractivity contribution in [2.24, 2.45) is 0 Å². The molecule has 17 heavy (non-hydrogen) atoms. The van der Waals surface area contributed by atoms with Gasteiger partial charge in [-0.15, -0.1) is 21.9 Å². The van der Waals surface area contributed by atoms with Crippen LogP contribution in [0.2, 0.25) is 0 Å². The van der Waals surface area contributed by atoms with E-state index < -0.39 is 0 Å². The maximum atomic E-state index is 11.7. The standard InChI is InChI=1S/C10H13N5OS/c1-4-5-11-8(16)9-14-15-7(6(2)3)12-13-10(15)17-9/h4,6H,1,5H2,2-3H3,(H,11,16). The summed E-state index contributed by atoms with van der Waals surface area (Å²) in [5, 5.41) is 15.3. The predicted molar refractivity (Wildman–Crippen MR) is 65.3 cm³/mol. The van der Waals surface area contributed by atoms with Gasteiger partial charge in [-0.2, -0.15) is 4.52 Å². The van der Waals surface area contributed by atoms with Crippen molar-refractivity contribution < 1.29 is 4.79 Å². The van der Waals surface area contributed by atoms with Gasteiger partial charge in [0.15, 0.2) is 5.82 Å². The first kappa shape index (κ1) is 11.7. The van der Waals surface area contributed by atoms with Crippen molar-refractivity contribution in [1.29, 1.82) is 0 Å². The van der Waals surface area contributed by atoms with Crippen molar-refractivity contribution in [1.82, 2.24) is 25.1 Å². The molecule has 1 amide bonds. The summed E-state index contributed by atoms with van der Waals surface area (Å²) in [5.41, 5.74) is 0. The molecule has 6 nitrogen and oxygen atoms in total. The van der Waals surface area contributed by atoms with Crippen LogP contribution in [0.3, 0.4) is 0 Å². The number of fused-ring (bicyclic) bond motifs is 1. The maximum Gasteiger partial charge on any atom is 0.282 e. The number of rotatable bonds is 4. The topological polar surface area (TPSA) is 72.2 Å². The molecule has 0 saturated heterocycles. The second-order valence-corrected chi connectivity index (χ2v) is 4.77. The molecule has 7 heteroatoms. The zero-order chi connectivity index (χ0) is 12.4. The number of carbonyl (C=O) groups is 1. The molecule has 2 aromatic rings. The number of nitrogens with zero attached hydrogens (tertiary/aromatic N) is 4. The zero-order valence-corrected chi connectivity index (χ0v) is 10.5. The van der Waals surface area contributed by atoms with Crippen LogP contribution in [-0.4, -0.2) is 32.3 Å². The third-order valence-corrected chi connectivity index (χ3v) is 3.03. The minimum absolute atomic E-state index is 0.213. The lowest BCUT2D eigenvalue weighted by atomic mass is 10.2. The van der Waals surface area contributed by atoms with Crippen LogP contribution >= 0.6 is 11.3 Å². The molecule has 0 aliphatic carbocycles. The molecule has 90 valence electrons. The van der Waals surface area contributed by atoms with Crippen LogP contribution in [0.4, 0.5) is 0 Å². The highest BCUT2D eigenvalue weighted by molar-refractivity contribution is 7.18. The molecule has 0 radical (unpaired) electrons. The highest BCUT2D eigenvalue weighted by Crippen LogP contribution is 2.18. The Morgan fingerprint density at radius 1 is 1.59 bits per heavy atom. The fourth-order valence-electron chi connectivity index (χ4n) is 1.32. The second kappa shape index (κ2) is 4.62. The molecule has 0 fully saturated rings. The number of nitrogens with one attached hydrogen (secondary N) is 1. The maximum absolute atomic E-state index is 11.7. The average molecular weight is 251 g/mol. The van der Waals surface area contributed by atoms with E-state index in [-0.39, 0.29) is 11.8 Å². The van der Waals surface area contributed by atoms with Crippen LogP contribution in [0.25, 0.3) is 4.96 Å². The second-order valence-electron chi connectivity index (χ2n) is 3.81. The Morgan fingerprint density at radius 2 is 2.35 bits per heavy atom. The van der Waals surface area contributed by atoms with Gasteiger partial charge in [-0.1, -0.05) is 31.3 Å². The molecule has 0 spiro atoms. The molecule has 0 atom stereocenters. The lowest BCUT2D eigenvalue weighted by Crippen LogP contribution is -2.23. The number of amides is 1. The minimum atomic E-state index is -0.213. The molecular formula is C10H13N5OS. The van der Waals surface area contributed by atoms with Gasteiger partial charge < -0.3 is 5.32 Å². The first-order chi connectivity index (χ1) is 8.13. The van der Waals surface area contributed by atoms with E-state index in [1.54, 1.807) is 10.6 Å². The van der Waals surface area contributed by atoms with Gasteiger partial charge in [0.1, 0.15) is 0 Å². The molecule has 0 aliphatic heterocycles. The van der Waals surface area contributed by atoms with Crippen molar-refractivity contribution in [3.05, 3.63) is 23.5 Å². The summed E-state index contributed by atoms with van der Waals surface area (Å²) in [6.45, 7) is 7.98. The first-order valence-electron chi connectivity index (χ1n) is 5.24. The van der Waals surface area contributed by atoms with E-state index in [0.29, 0.717) is 16.5 Å². The molecule has 0 bridgehead atoms. The van der Waals surface area contributed by atoms with E-state index in [1.165, 1.54) is 11.3 Å². The molecular weight excluding hydrogens is 238 g/mol. The van der Waals surface area contributed by atoms with Gasteiger partial charge >= 0.3 is 0 Å². The van der Waals surface area contributed by atoms with Crippen LogP contribution in [-0.2, 0) is 0 Å². The van der Waals surface area contributed by atoms with E-state index >= 15 is 0 Å². The third-order valence-electron chi connectivity index (χ3n) is 2.13. The number of aromatic nitrogens is 4. The van der Waals surface area contributed by atoms with Crippen molar-refractivity contribution in [3.8, 4) is 0 Å². The van der Waals surface area contributed by atoms with E-state index in [1.807, 2.05) is 13.8 Å². The number of carbonyl (C=O) groups excluding carboxylic acids is 1. The van der Waals surface area contributed by atoms with Crippen molar-refractivity contribution in [2.45, 2.75) is 19.8 Å². The number of hydrogen-bond donors (Lipinski definition) is 1. The fourth-order valence-corrected chi connectivity index (χ4v) is 2.09. The zero-order valence-electron chi connectivity index (χ0n) is 9.67. The molecule has 0 aromatic carbocycles. The van der Waals surface area contributed by atoms with Crippen molar-refractivity contribution in [3.63, 3.8) is 0 Å². The van der Waals surface area contributed by atoms with E-state index in [0.717, 1.165) is 5.82 Å². The van der Waals surface area contributed by atoms with Crippen LogP contribution in [0.15, 0.2) is 12.7 Å². The summed E-state index contributed by atoms with van der Waals surface area (Å²) in [5.74, 6) is 0.769. The molecule has 0 saturated carbocycles. The van der Waals surface area contributed by atoms with Crippen LogP contribution in [0, 0.1) is 0 Å². The molecule has 2 aromatic heterocycles. The highest BCUT2D eigenvalue weighted by atomic mass is 32.1. The summed E-state index contributed by atoms with van der Waals surface area (Å²) in [4.78, 5) is 12.3. The van der Waals surface area contributed by atoms with Gasteiger partial charge in [0.05, 0.1) is 0 Å². The summed E-state index contributed by atoms with van der Waals surface area (Å²) in [6, 6.07) is 0. The molecule has 0 aliphatic rings. The van der Waals surface area contributed by atoms with Gasteiger partial charge in [0.2, 0.25) is 9.97 Å². The van der Waals surface area contributed by atoms with Crippen molar-refractivity contribution in [2.75, 3.05) is 6.54 Å². The average Bonchev–Trinajstić information content (AvgIpc) is 2.83. The lowest BCUT2D eigenvalue weighted by Gasteiger charge is -1.98. The summed E-state index contributed by atoms with van der Waals surface area (Å²) < 4.78 is 1.62. The lowest BCUT2D eigenvalue weighted by molar-refractivity contribution is 0.0956. The number of hydrogen-bond acceptors (Lipinski definition) is 5. The summed E-state index contributed by atoms with van der Waals surface area (Å²) >= 11 is 1.23. The van der Waals surface area contributed by atoms with E-state index in [2.05, 4.69) is 27.2 Å². The van der Waals surface area contributed by atoms with Gasteiger partial charge in [0.25, 0.3) is 5.91 Å². The SMILES string of the molecule is C=CCNC(=O)c1nn2c(C(C)C)nnc2s1. The molecule has 0 unspecified atom stereocenters. The Kier molecular flexibility index (Phi) is 3.19. The van der Waals surface area contributed by atoms with Crippen LogP contribution < -0.4 is 5.32 Å². The normalized spacial score (nSPS) is 11.0. The Bertz CT molecular complexity index is 556. The Hall–Kier alpha value is -1.76. The van der Waals surface area contributed by atoms with Gasteiger partial charge in [-0.3, -0.25) is 4.79 Å². The van der Waals surface area contributed by atoms with Crippen molar-refractivity contribution >= 4 is 22.2 Å². The quantitative estimate of drug-likeness (QED) is 0.829. The predicted octanol–water partition coefficient (Wildman–Crippen LogP) is 1.22.